The van der Waals surface area contributed by atoms with Crippen molar-refractivity contribution in [1.82, 2.24) is 4.90 Å². The number of hydrogen-bond donors (Lipinski definition) is 2. The molecule has 3 aromatic rings. The number of carbonyl (C=O) groups excluding carboxylic acids is 4. The molecule has 2 aliphatic carbocycles. The summed E-state index contributed by atoms with van der Waals surface area (Å²) >= 11 is 6.35. The third-order valence-corrected chi connectivity index (χ3v) is 10.8. The molecule has 240 valence electrons. The number of aromatic hydroxyl groups is 1. The third kappa shape index (κ3) is 4.62. The average Bonchev–Trinajstić information content (AvgIpc) is 3.43. The molecule has 3 aromatic carbocycles. The molecule has 0 bridgehead atoms. The van der Waals surface area contributed by atoms with Crippen LogP contribution in [0.4, 0.5) is 5.69 Å². The minimum Gasteiger partial charge on any atom is -0.508 e. The van der Waals surface area contributed by atoms with E-state index in [1.165, 1.54) is 9.80 Å². The third-order valence-electron chi connectivity index (χ3n) is 10.6. The Morgan fingerprint density at radius 2 is 1.70 bits per heavy atom. The monoisotopic (exact) mass is 652 g/mol. The van der Waals surface area contributed by atoms with Gasteiger partial charge in [0.15, 0.2) is 0 Å². The first kappa shape index (κ1) is 30.9. The molecule has 3 fully saturated rings. The number of phenols is 1. The largest absolute Gasteiger partial charge is 0.508 e. The van der Waals surface area contributed by atoms with Crippen LogP contribution in [0.5, 0.6) is 5.75 Å². The lowest BCUT2D eigenvalue weighted by Gasteiger charge is -2.50. The number of nitrogens with zero attached hydrogens (tertiary/aromatic N) is 2. The zero-order valence-electron chi connectivity index (χ0n) is 25.6. The Balaban J connectivity index is 1.43. The predicted molar refractivity (Wildman–Crippen MR) is 173 cm³/mol. The summed E-state index contributed by atoms with van der Waals surface area (Å²) < 4.78 is 0. The molecule has 10 heteroatoms. The number of carboxylic acids is 1. The van der Waals surface area contributed by atoms with Gasteiger partial charge >= 0.3 is 5.97 Å². The van der Waals surface area contributed by atoms with E-state index in [0.717, 1.165) is 5.57 Å². The summed E-state index contributed by atoms with van der Waals surface area (Å²) in [5.74, 6) is -5.90. The second-order valence-corrected chi connectivity index (χ2v) is 13.4. The fourth-order valence-corrected chi connectivity index (χ4v) is 8.84. The van der Waals surface area contributed by atoms with E-state index in [1.807, 2.05) is 42.5 Å². The molecule has 2 saturated heterocycles. The number of anilines is 1. The molecule has 2 aliphatic heterocycles. The number of halogens is 1. The number of benzene rings is 3. The quantitative estimate of drug-likeness (QED) is 0.259. The van der Waals surface area contributed by atoms with Crippen LogP contribution in [-0.2, 0) is 29.4 Å². The van der Waals surface area contributed by atoms with Crippen molar-refractivity contribution in [3.63, 3.8) is 0 Å². The van der Waals surface area contributed by atoms with Crippen molar-refractivity contribution in [2.45, 2.75) is 43.9 Å². The Morgan fingerprint density at radius 3 is 2.40 bits per heavy atom. The number of phenolic OH excluding ortho intramolecular Hbond substituents is 1. The zero-order chi connectivity index (χ0) is 33.2. The van der Waals surface area contributed by atoms with Gasteiger partial charge in [-0.1, -0.05) is 71.8 Å². The van der Waals surface area contributed by atoms with E-state index in [2.05, 4.69) is 0 Å². The Hall–Kier alpha value is -4.76. The van der Waals surface area contributed by atoms with Gasteiger partial charge in [0.25, 0.3) is 0 Å². The molecule has 1 saturated carbocycles. The number of hydrogen-bond acceptors (Lipinski definition) is 6. The van der Waals surface area contributed by atoms with Crippen molar-refractivity contribution in [1.29, 1.82) is 0 Å². The van der Waals surface area contributed by atoms with Crippen molar-refractivity contribution in [2.24, 2.45) is 23.7 Å². The van der Waals surface area contributed by atoms with Crippen LogP contribution in [0.25, 0.3) is 0 Å². The number of carboxylic acid groups (broad SMARTS) is 1. The number of amides is 4. The lowest BCUT2D eigenvalue weighted by molar-refractivity contribution is -0.142. The zero-order valence-corrected chi connectivity index (χ0v) is 26.4. The maximum atomic E-state index is 15.2. The molecule has 7 rings (SSSR count). The van der Waals surface area contributed by atoms with Crippen LogP contribution in [0, 0.1) is 30.6 Å². The molecule has 0 radical (unpaired) electrons. The van der Waals surface area contributed by atoms with Crippen LogP contribution in [-0.4, -0.2) is 51.3 Å². The number of rotatable bonds is 7. The standard InChI is InChI=1S/C37H33ClN2O7/c1-20-17-21(12-15-29(20)41)32-25-13-14-26-31(35(46)39(33(26)44)16-6-11-30(42)43)27(25)19-28-34(45)40(24-10-5-9-23(38)18-24)36(47)37(28,32)22-7-3-2-4-8-22/h2-5,7-10,12-13,15,17-18,26-28,31-32,41H,6,11,14,16,19H2,1H3,(H,42,43). The van der Waals surface area contributed by atoms with Crippen molar-refractivity contribution >= 4 is 46.9 Å². The first-order valence-electron chi connectivity index (χ1n) is 15.8. The Morgan fingerprint density at radius 1 is 0.936 bits per heavy atom. The van der Waals surface area contributed by atoms with Crippen molar-refractivity contribution < 1.29 is 34.2 Å². The highest BCUT2D eigenvalue weighted by molar-refractivity contribution is 6.32. The molecule has 2 heterocycles. The first-order chi connectivity index (χ1) is 22.5. The number of aliphatic carboxylic acids is 1. The van der Waals surface area contributed by atoms with E-state index in [9.17, 15) is 24.3 Å². The van der Waals surface area contributed by atoms with E-state index in [-0.39, 0.29) is 49.8 Å². The van der Waals surface area contributed by atoms with Gasteiger partial charge in [-0.05, 0) is 73.1 Å². The van der Waals surface area contributed by atoms with Gasteiger partial charge in [-0.3, -0.25) is 28.9 Å². The Kier molecular flexibility index (Phi) is 7.55. The summed E-state index contributed by atoms with van der Waals surface area (Å²) in [6, 6.07) is 21.0. The first-order valence-corrected chi connectivity index (χ1v) is 16.2. The summed E-state index contributed by atoms with van der Waals surface area (Å²) in [6.45, 7) is 1.78. The fourth-order valence-electron chi connectivity index (χ4n) is 8.65. The molecule has 2 N–H and O–H groups in total. The minimum atomic E-state index is -1.40. The van der Waals surface area contributed by atoms with Crippen molar-refractivity contribution in [3.05, 3.63) is 106 Å². The van der Waals surface area contributed by atoms with Crippen LogP contribution in [0.3, 0.4) is 0 Å². The number of aryl methyl sites for hydroxylation is 1. The molecule has 0 aromatic heterocycles. The summed E-state index contributed by atoms with van der Waals surface area (Å²) in [5.41, 5.74) is 1.75. The van der Waals surface area contributed by atoms with Gasteiger partial charge in [-0.25, -0.2) is 4.90 Å². The van der Waals surface area contributed by atoms with Crippen molar-refractivity contribution in [3.8, 4) is 5.75 Å². The highest BCUT2D eigenvalue weighted by Crippen LogP contribution is 2.64. The van der Waals surface area contributed by atoms with E-state index in [1.54, 1.807) is 43.3 Å². The second kappa shape index (κ2) is 11.5. The summed E-state index contributed by atoms with van der Waals surface area (Å²) in [6.07, 6.45) is 2.40. The Labute approximate surface area is 276 Å². The minimum absolute atomic E-state index is 0.0109. The molecule has 9 nitrogen and oxygen atoms in total. The number of carbonyl (C=O) groups is 5. The Bertz CT molecular complexity index is 1870. The normalized spacial score (nSPS) is 28.2. The van der Waals surface area contributed by atoms with Gasteiger partial charge < -0.3 is 10.2 Å². The maximum absolute atomic E-state index is 15.2. The van der Waals surface area contributed by atoms with Crippen molar-refractivity contribution in [2.75, 3.05) is 11.4 Å². The second-order valence-electron chi connectivity index (χ2n) is 13.0. The number of allylic oxidation sites excluding steroid dienone is 2. The van der Waals surface area contributed by atoms with Crippen LogP contribution >= 0.6 is 11.6 Å². The fraction of sp³-hybridized carbons (Fsp3) is 0.324. The highest BCUT2D eigenvalue weighted by Gasteiger charge is 2.70. The predicted octanol–water partition coefficient (Wildman–Crippen LogP) is 5.38. The maximum Gasteiger partial charge on any atom is 0.303 e. The SMILES string of the molecule is Cc1cc(C2C3=CCC4C(=O)N(CCCC(=O)O)C(=O)C4C3CC3C(=O)N(c4cccc(Cl)c4)C(=O)C32c2ccccc2)ccc1O. The molecule has 6 atom stereocenters. The van der Waals surface area contributed by atoms with Crippen LogP contribution in [0.15, 0.2) is 84.4 Å². The average molecular weight is 653 g/mol. The van der Waals surface area contributed by atoms with Crippen LogP contribution < -0.4 is 4.90 Å². The summed E-state index contributed by atoms with van der Waals surface area (Å²) in [5, 5.41) is 20.0. The number of likely N-dealkylation sites (tertiary alicyclic amines) is 1. The number of imide groups is 2. The lowest BCUT2D eigenvalue weighted by Crippen LogP contribution is -2.53. The molecular formula is C37H33ClN2O7. The van der Waals surface area contributed by atoms with Crippen LogP contribution in [0.1, 0.15) is 48.3 Å². The lowest BCUT2D eigenvalue weighted by atomic mass is 9.49. The molecular weight excluding hydrogens is 620 g/mol. The van der Waals surface area contributed by atoms with Gasteiger partial charge in [0.05, 0.1) is 28.9 Å². The molecule has 0 spiro atoms. The van der Waals surface area contributed by atoms with E-state index in [0.29, 0.717) is 27.4 Å². The topological polar surface area (TPSA) is 132 Å². The van der Waals surface area contributed by atoms with Gasteiger partial charge in [0.1, 0.15) is 5.75 Å². The van der Waals surface area contributed by atoms with Crippen LogP contribution in [0.2, 0.25) is 5.02 Å². The highest BCUT2D eigenvalue weighted by atomic mass is 35.5. The van der Waals surface area contributed by atoms with E-state index in [4.69, 9.17) is 16.7 Å². The molecule has 47 heavy (non-hydrogen) atoms. The number of fused-ring (bicyclic) bond motifs is 4. The molecule has 4 aliphatic rings. The van der Waals surface area contributed by atoms with E-state index < -0.39 is 52.8 Å². The molecule has 4 amide bonds. The van der Waals surface area contributed by atoms with Gasteiger partial charge in [0, 0.05) is 23.9 Å². The summed E-state index contributed by atoms with van der Waals surface area (Å²) in [4.78, 5) is 71.1. The smallest absolute Gasteiger partial charge is 0.303 e. The summed E-state index contributed by atoms with van der Waals surface area (Å²) in [7, 11) is 0. The van der Waals surface area contributed by atoms with Gasteiger partial charge in [-0.2, -0.15) is 0 Å². The van der Waals surface area contributed by atoms with E-state index >= 15 is 4.79 Å². The van der Waals surface area contributed by atoms with Gasteiger partial charge in [0.2, 0.25) is 23.6 Å². The van der Waals surface area contributed by atoms with Gasteiger partial charge in [-0.15, -0.1) is 0 Å². The molecule has 6 unspecified atom stereocenters.